The predicted octanol–water partition coefficient (Wildman–Crippen LogP) is 2.17. The molecule has 9 nitrogen and oxygen atoms in total. The van der Waals surface area contributed by atoms with Gasteiger partial charge in [0.2, 0.25) is 10.0 Å². The maximum absolute atomic E-state index is 12.9. The van der Waals surface area contributed by atoms with Gasteiger partial charge in [-0.3, -0.25) is 19.7 Å². The number of carbonyl (C=O) groups excluding carboxylic acids is 2. The van der Waals surface area contributed by atoms with Gasteiger partial charge in [0.1, 0.15) is 6.04 Å². The molecule has 1 heterocycles. The van der Waals surface area contributed by atoms with Crippen LogP contribution in [0, 0.1) is 10.1 Å². The van der Waals surface area contributed by atoms with E-state index in [0.29, 0.717) is 12.0 Å². The molecule has 2 aromatic rings. The Labute approximate surface area is 167 Å². The third-order valence-electron chi connectivity index (χ3n) is 4.57. The standard InChI is InChI=1S/C19H18N2O7S/c22-18(14-5-2-1-3-6-14)13-28-19(23)17-7-4-12-20(17)29(26,27)16-10-8-15(9-11-16)21(24)25/h1-3,5-6,8-11,17H,4,7,12-13H2. The van der Waals surface area contributed by atoms with Gasteiger partial charge in [-0.05, 0) is 25.0 Å². The van der Waals surface area contributed by atoms with Gasteiger partial charge < -0.3 is 4.74 Å². The lowest BCUT2D eigenvalue weighted by atomic mass is 10.1. The minimum absolute atomic E-state index is 0.117. The molecule has 0 aliphatic carbocycles. The number of esters is 1. The van der Waals surface area contributed by atoms with Gasteiger partial charge in [0.05, 0.1) is 9.82 Å². The zero-order valence-electron chi connectivity index (χ0n) is 15.3. The molecule has 0 N–H and O–H groups in total. The molecule has 10 heteroatoms. The lowest BCUT2D eigenvalue weighted by Crippen LogP contribution is -2.41. The molecule has 0 spiro atoms. The second kappa shape index (κ2) is 8.50. The van der Waals surface area contributed by atoms with Gasteiger partial charge in [0.25, 0.3) is 5.69 Å². The summed E-state index contributed by atoms with van der Waals surface area (Å²) in [5.74, 6) is -1.18. The summed E-state index contributed by atoms with van der Waals surface area (Å²) in [6, 6.07) is 11.7. The number of hydrogen-bond donors (Lipinski definition) is 0. The molecular formula is C19H18N2O7S. The summed E-state index contributed by atoms with van der Waals surface area (Å²) < 4.78 is 31.8. The largest absolute Gasteiger partial charge is 0.456 e. The second-order valence-electron chi connectivity index (χ2n) is 6.42. The van der Waals surface area contributed by atoms with Crippen LogP contribution in [0.15, 0.2) is 59.5 Å². The average molecular weight is 418 g/mol. The molecule has 0 aromatic heterocycles. The highest BCUT2D eigenvalue weighted by Gasteiger charge is 2.40. The first-order chi connectivity index (χ1) is 13.8. The number of nitro groups is 1. The normalized spacial score (nSPS) is 17.0. The third kappa shape index (κ3) is 4.49. The Morgan fingerprint density at radius 2 is 1.76 bits per heavy atom. The van der Waals surface area contributed by atoms with E-state index in [1.54, 1.807) is 30.3 Å². The van der Waals surface area contributed by atoms with Gasteiger partial charge in [-0.25, -0.2) is 8.42 Å². The number of non-ortho nitro benzene ring substituents is 1. The van der Waals surface area contributed by atoms with E-state index in [0.717, 1.165) is 28.6 Å². The SMILES string of the molecule is O=C(COC(=O)C1CCCN1S(=O)(=O)c1ccc([N+](=O)[O-])cc1)c1ccccc1. The van der Waals surface area contributed by atoms with Crippen molar-refractivity contribution in [1.29, 1.82) is 0 Å². The first-order valence-electron chi connectivity index (χ1n) is 8.82. The van der Waals surface area contributed by atoms with E-state index in [1.165, 1.54) is 0 Å². The molecule has 1 fully saturated rings. The van der Waals surface area contributed by atoms with Crippen molar-refractivity contribution in [1.82, 2.24) is 4.31 Å². The summed E-state index contributed by atoms with van der Waals surface area (Å²) in [6.45, 7) is -0.365. The van der Waals surface area contributed by atoms with Crippen molar-refractivity contribution in [3.8, 4) is 0 Å². The Morgan fingerprint density at radius 1 is 1.10 bits per heavy atom. The van der Waals surface area contributed by atoms with Crippen LogP contribution in [0.1, 0.15) is 23.2 Å². The molecule has 1 aliphatic heterocycles. The Bertz CT molecular complexity index is 1020. The van der Waals surface area contributed by atoms with Gasteiger partial charge >= 0.3 is 5.97 Å². The van der Waals surface area contributed by atoms with E-state index in [-0.39, 0.29) is 29.3 Å². The maximum Gasteiger partial charge on any atom is 0.324 e. The Balaban J connectivity index is 1.70. The number of sulfonamides is 1. The predicted molar refractivity (Wildman–Crippen MR) is 102 cm³/mol. The van der Waals surface area contributed by atoms with Crippen LogP contribution in [-0.4, -0.2) is 48.6 Å². The van der Waals surface area contributed by atoms with Gasteiger partial charge in [-0.2, -0.15) is 4.31 Å². The van der Waals surface area contributed by atoms with Crippen LogP contribution in [0.25, 0.3) is 0 Å². The van der Waals surface area contributed by atoms with E-state index >= 15 is 0 Å². The highest BCUT2D eigenvalue weighted by Crippen LogP contribution is 2.28. The highest BCUT2D eigenvalue weighted by atomic mass is 32.2. The van der Waals surface area contributed by atoms with E-state index in [2.05, 4.69) is 0 Å². The number of rotatable bonds is 7. The summed E-state index contributed by atoms with van der Waals surface area (Å²) in [7, 11) is -4.04. The third-order valence-corrected chi connectivity index (χ3v) is 6.49. The number of Topliss-reactive ketones (excluding diaryl/α,β-unsaturated/α-hetero) is 1. The quantitative estimate of drug-likeness (QED) is 0.292. The zero-order chi connectivity index (χ0) is 21.0. The summed E-state index contributed by atoms with van der Waals surface area (Å²) in [4.78, 5) is 34.5. The van der Waals surface area contributed by atoms with Gasteiger partial charge in [-0.1, -0.05) is 30.3 Å². The van der Waals surface area contributed by atoms with Crippen LogP contribution >= 0.6 is 0 Å². The number of ether oxygens (including phenoxy) is 1. The van der Waals surface area contributed by atoms with Crippen LogP contribution in [0.3, 0.4) is 0 Å². The first kappa shape index (κ1) is 20.6. The van der Waals surface area contributed by atoms with E-state index in [4.69, 9.17) is 4.74 Å². The summed E-state index contributed by atoms with van der Waals surface area (Å²) in [5.41, 5.74) is 0.155. The van der Waals surface area contributed by atoms with Crippen molar-refractivity contribution < 1.29 is 27.7 Å². The highest BCUT2D eigenvalue weighted by molar-refractivity contribution is 7.89. The summed E-state index contributed by atoms with van der Waals surface area (Å²) in [5, 5.41) is 10.7. The van der Waals surface area contributed by atoms with Crippen molar-refractivity contribution in [2.75, 3.05) is 13.2 Å². The van der Waals surface area contributed by atoms with Crippen molar-refractivity contribution in [3.63, 3.8) is 0 Å². The van der Waals surface area contributed by atoms with Crippen LogP contribution < -0.4 is 0 Å². The zero-order valence-corrected chi connectivity index (χ0v) is 16.1. The molecule has 152 valence electrons. The topological polar surface area (TPSA) is 124 Å². The number of nitro benzene ring substituents is 1. The molecule has 0 amide bonds. The van der Waals surface area contributed by atoms with Crippen LogP contribution in [0.4, 0.5) is 5.69 Å². The molecule has 0 bridgehead atoms. The van der Waals surface area contributed by atoms with Crippen LogP contribution in [0.5, 0.6) is 0 Å². The van der Waals surface area contributed by atoms with Crippen molar-refractivity contribution in [2.45, 2.75) is 23.8 Å². The smallest absolute Gasteiger partial charge is 0.324 e. The van der Waals surface area contributed by atoms with Crippen molar-refractivity contribution in [3.05, 3.63) is 70.3 Å². The fourth-order valence-corrected chi connectivity index (χ4v) is 4.73. The first-order valence-corrected chi connectivity index (χ1v) is 10.3. The number of nitrogens with zero attached hydrogens (tertiary/aromatic N) is 2. The lowest BCUT2D eigenvalue weighted by molar-refractivity contribution is -0.384. The lowest BCUT2D eigenvalue weighted by Gasteiger charge is -2.22. The molecule has 1 aliphatic rings. The fourth-order valence-electron chi connectivity index (χ4n) is 3.08. The van der Waals surface area contributed by atoms with E-state index in [1.807, 2.05) is 0 Å². The average Bonchev–Trinajstić information content (AvgIpc) is 3.23. The van der Waals surface area contributed by atoms with Gasteiger partial charge in [-0.15, -0.1) is 0 Å². The summed E-state index contributed by atoms with van der Waals surface area (Å²) in [6.07, 6.45) is 0.725. The summed E-state index contributed by atoms with van der Waals surface area (Å²) >= 11 is 0. The monoisotopic (exact) mass is 418 g/mol. The maximum atomic E-state index is 12.9. The number of carbonyl (C=O) groups is 2. The Hall–Kier alpha value is -3.11. The fraction of sp³-hybridized carbons (Fsp3) is 0.263. The second-order valence-corrected chi connectivity index (χ2v) is 8.31. The van der Waals surface area contributed by atoms with E-state index in [9.17, 15) is 28.1 Å². The molecule has 29 heavy (non-hydrogen) atoms. The molecule has 1 saturated heterocycles. The minimum Gasteiger partial charge on any atom is -0.456 e. The number of hydrogen-bond acceptors (Lipinski definition) is 7. The van der Waals surface area contributed by atoms with Crippen molar-refractivity contribution in [2.24, 2.45) is 0 Å². The molecule has 2 aromatic carbocycles. The van der Waals surface area contributed by atoms with Crippen LogP contribution in [0.2, 0.25) is 0 Å². The van der Waals surface area contributed by atoms with Crippen molar-refractivity contribution >= 4 is 27.5 Å². The Morgan fingerprint density at radius 3 is 2.38 bits per heavy atom. The molecule has 1 unspecified atom stereocenters. The van der Waals surface area contributed by atoms with Gasteiger partial charge in [0, 0.05) is 24.2 Å². The van der Waals surface area contributed by atoms with Crippen LogP contribution in [-0.2, 0) is 19.6 Å². The molecular weight excluding hydrogens is 400 g/mol. The Kier molecular flexibility index (Phi) is 6.04. The minimum atomic E-state index is -4.04. The van der Waals surface area contributed by atoms with E-state index < -0.39 is 33.6 Å². The molecule has 0 saturated carbocycles. The number of ketones is 1. The molecule has 3 rings (SSSR count). The number of benzene rings is 2. The molecule has 0 radical (unpaired) electrons. The van der Waals surface area contributed by atoms with Gasteiger partial charge in [0.15, 0.2) is 12.4 Å². The molecule has 1 atom stereocenters.